The summed E-state index contributed by atoms with van der Waals surface area (Å²) in [6, 6.07) is 64.3. The zero-order chi connectivity index (χ0) is 38.8. The molecule has 0 saturated heterocycles. The average molecular weight is 765 g/mol. The van der Waals surface area contributed by atoms with Crippen LogP contribution >= 0.6 is 11.3 Å². The van der Waals surface area contributed by atoms with Gasteiger partial charge in [-0.3, -0.25) is 4.99 Å². The summed E-state index contributed by atoms with van der Waals surface area (Å²) >= 11 is 1.80. The summed E-state index contributed by atoms with van der Waals surface area (Å²) < 4.78 is 2.49. The van der Waals surface area contributed by atoms with Gasteiger partial charge in [-0.05, 0) is 53.3 Å². The van der Waals surface area contributed by atoms with Gasteiger partial charge in [0, 0.05) is 54.3 Å². The molecule has 58 heavy (non-hydrogen) atoms. The van der Waals surface area contributed by atoms with Crippen LogP contribution in [0, 0.1) is 5.92 Å². The molecule has 0 aliphatic carbocycles. The third-order valence-corrected chi connectivity index (χ3v) is 12.4. The van der Waals surface area contributed by atoms with Gasteiger partial charge >= 0.3 is 0 Å². The van der Waals surface area contributed by atoms with E-state index >= 15 is 0 Å². The van der Waals surface area contributed by atoms with Crippen molar-refractivity contribution in [2.24, 2.45) is 10.9 Å². The molecule has 0 bridgehead atoms. The summed E-state index contributed by atoms with van der Waals surface area (Å²) in [6.45, 7) is 2.28. The number of aliphatic imine (C=N–C) groups is 1. The van der Waals surface area contributed by atoms with Gasteiger partial charge in [-0.1, -0.05) is 177 Å². The fraction of sp³-hybridized carbons (Fsp3) is 0.0943. The topological polar surface area (TPSA) is 51.0 Å². The average Bonchev–Trinajstić information content (AvgIpc) is 3.56. The number of benzene rings is 7. The van der Waals surface area contributed by atoms with E-state index in [-0.39, 0.29) is 11.8 Å². The quantitative estimate of drug-likeness (QED) is 0.155. The number of hydrogen-bond donors (Lipinski definition) is 0. The van der Waals surface area contributed by atoms with E-state index in [2.05, 4.69) is 177 Å². The second-order valence-corrected chi connectivity index (χ2v) is 16.0. The summed E-state index contributed by atoms with van der Waals surface area (Å²) in [7, 11) is 0. The largest absolute Gasteiger partial charge is 0.252 e. The molecule has 278 valence electrons. The fourth-order valence-electron chi connectivity index (χ4n) is 8.18. The maximum absolute atomic E-state index is 5.55. The highest BCUT2D eigenvalue weighted by atomic mass is 32.1. The molecule has 0 radical (unpaired) electrons. The van der Waals surface area contributed by atoms with E-state index < -0.39 is 0 Å². The summed E-state index contributed by atoms with van der Waals surface area (Å²) in [5.41, 5.74) is 10.9. The Hall–Kier alpha value is -6.82. The minimum absolute atomic E-state index is 0.177. The summed E-state index contributed by atoms with van der Waals surface area (Å²) in [4.78, 5) is 20.9. The van der Waals surface area contributed by atoms with Crippen molar-refractivity contribution in [1.29, 1.82) is 0 Å². The maximum atomic E-state index is 5.55. The molecule has 9 aromatic rings. The fourth-order valence-corrected chi connectivity index (χ4v) is 9.33. The molecule has 10 rings (SSSR count). The van der Waals surface area contributed by atoms with Crippen LogP contribution in [0.15, 0.2) is 193 Å². The minimum Gasteiger partial charge on any atom is -0.252 e. The lowest BCUT2D eigenvalue weighted by Gasteiger charge is -2.21. The minimum atomic E-state index is 0.177. The van der Waals surface area contributed by atoms with Gasteiger partial charge in [0.05, 0.1) is 11.4 Å². The Bertz CT molecular complexity index is 2950. The van der Waals surface area contributed by atoms with Gasteiger partial charge in [0.2, 0.25) is 0 Å². The SMILES string of the molecule is CCC1CC(c2ccc(-c3ccccc3)cc2)C=C(c2cccc(-c3nc(-c4ccccc4)nc(-c4ccc5c(c4)sc4ccccc45)n3)c2)N=C1c1ccccc1. The van der Waals surface area contributed by atoms with Gasteiger partial charge in [-0.15, -0.1) is 11.3 Å². The Morgan fingerprint density at radius 2 is 1.00 bits per heavy atom. The van der Waals surface area contributed by atoms with Crippen LogP contribution in [0.2, 0.25) is 0 Å². The highest BCUT2D eigenvalue weighted by Crippen LogP contribution is 2.39. The van der Waals surface area contributed by atoms with E-state index in [0.717, 1.165) is 46.5 Å². The van der Waals surface area contributed by atoms with Crippen molar-refractivity contribution in [3.05, 3.63) is 205 Å². The molecule has 0 saturated carbocycles. The van der Waals surface area contributed by atoms with Crippen LogP contribution < -0.4 is 0 Å². The number of hydrogen-bond acceptors (Lipinski definition) is 5. The number of fused-ring (bicyclic) bond motifs is 3. The molecule has 2 atom stereocenters. The van der Waals surface area contributed by atoms with E-state index in [0.29, 0.717) is 17.5 Å². The number of allylic oxidation sites excluding steroid dienone is 1. The van der Waals surface area contributed by atoms with Crippen molar-refractivity contribution in [2.75, 3.05) is 0 Å². The normalized spacial score (nSPS) is 15.5. The number of nitrogens with zero attached hydrogens (tertiary/aromatic N) is 4. The second kappa shape index (κ2) is 15.6. The van der Waals surface area contributed by atoms with Gasteiger partial charge in [0.1, 0.15) is 0 Å². The van der Waals surface area contributed by atoms with Gasteiger partial charge in [0.25, 0.3) is 0 Å². The Morgan fingerprint density at radius 1 is 0.466 bits per heavy atom. The van der Waals surface area contributed by atoms with E-state index in [1.54, 1.807) is 11.3 Å². The van der Waals surface area contributed by atoms with Crippen molar-refractivity contribution in [3.8, 4) is 45.3 Å². The zero-order valence-electron chi connectivity index (χ0n) is 32.2. The molecule has 1 aliphatic rings. The Morgan fingerprint density at radius 3 is 1.71 bits per heavy atom. The summed E-state index contributed by atoms with van der Waals surface area (Å²) in [6.07, 6.45) is 4.35. The highest BCUT2D eigenvalue weighted by molar-refractivity contribution is 7.25. The van der Waals surface area contributed by atoms with Gasteiger partial charge < -0.3 is 0 Å². The zero-order valence-corrected chi connectivity index (χ0v) is 33.0. The molecule has 0 N–H and O–H groups in total. The first kappa shape index (κ1) is 35.6. The number of aromatic nitrogens is 3. The van der Waals surface area contributed by atoms with Crippen molar-refractivity contribution in [2.45, 2.75) is 25.7 Å². The lowest BCUT2D eigenvalue weighted by molar-refractivity contribution is 0.574. The Labute approximate surface area is 343 Å². The molecule has 0 spiro atoms. The summed E-state index contributed by atoms with van der Waals surface area (Å²) in [5, 5.41) is 2.52. The van der Waals surface area contributed by atoms with Gasteiger partial charge in [-0.2, -0.15) is 0 Å². The van der Waals surface area contributed by atoms with E-state index in [1.807, 2.05) is 18.2 Å². The smallest absolute Gasteiger partial charge is 0.164 e. The lowest BCUT2D eigenvalue weighted by atomic mass is 9.83. The van der Waals surface area contributed by atoms with Crippen molar-refractivity contribution in [1.82, 2.24) is 15.0 Å². The van der Waals surface area contributed by atoms with Gasteiger partial charge in [0.15, 0.2) is 17.5 Å². The monoisotopic (exact) mass is 764 g/mol. The lowest BCUT2D eigenvalue weighted by Crippen LogP contribution is -2.16. The van der Waals surface area contributed by atoms with E-state index in [4.69, 9.17) is 19.9 Å². The molecule has 0 fully saturated rings. The third kappa shape index (κ3) is 7.06. The van der Waals surface area contributed by atoms with E-state index in [1.165, 1.54) is 42.4 Å². The van der Waals surface area contributed by atoms with Crippen LogP contribution in [0.4, 0.5) is 0 Å². The maximum Gasteiger partial charge on any atom is 0.164 e. The van der Waals surface area contributed by atoms with Gasteiger partial charge in [-0.25, -0.2) is 15.0 Å². The third-order valence-electron chi connectivity index (χ3n) is 11.3. The molecule has 3 heterocycles. The molecular formula is C53H40N4S. The van der Waals surface area contributed by atoms with E-state index in [9.17, 15) is 0 Å². The molecule has 1 aliphatic heterocycles. The van der Waals surface area contributed by atoms with Crippen LogP contribution in [0.25, 0.3) is 71.2 Å². The molecule has 7 aromatic carbocycles. The van der Waals surface area contributed by atoms with Crippen molar-refractivity contribution < 1.29 is 0 Å². The van der Waals surface area contributed by atoms with Crippen LogP contribution in [0.1, 0.15) is 42.4 Å². The molecule has 2 unspecified atom stereocenters. The Kier molecular flexibility index (Phi) is 9.58. The first-order chi connectivity index (χ1) is 28.7. The highest BCUT2D eigenvalue weighted by Gasteiger charge is 2.26. The van der Waals surface area contributed by atoms with Crippen LogP contribution in [-0.2, 0) is 0 Å². The van der Waals surface area contributed by atoms with Crippen LogP contribution in [0.5, 0.6) is 0 Å². The molecule has 2 aromatic heterocycles. The second-order valence-electron chi connectivity index (χ2n) is 14.9. The number of thiophene rings is 1. The first-order valence-corrected chi connectivity index (χ1v) is 20.8. The number of rotatable bonds is 8. The molecule has 4 nitrogen and oxygen atoms in total. The standard InChI is InChI=1S/C53H40N4S/c1-2-35-31-44(38-27-25-37(26-28-38)36-15-6-3-7-16-36)33-47(54-50(35)39-17-8-4-9-18-39)41-21-14-22-42(32-41)52-55-51(40-19-10-5-11-20-40)56-53(57-52)43-29-30-46-45-23-12-13-24-48(45)58-49(46)34-43/h3-30,32-35,44H,2,31H2,1H3. The molecule has 0 amide bonds. The molecular weight excluding hydrogens is 725 g/mol. The van der Waals surface area contributed by atoms with Crippen molar-refractivity contribution in [3.63, 3.8) is 0 Å². The van der Waals surface area contributed by atoms with Crippen LogP contribution in [0.3, 0.4) is 0 Å². The summed E-state index contributed by atoms with van der Waals surface area (Å²) in [5.74, 6) is 2.39. The molecule has 5 heteroatoms. The predicted octanol–water partition coefficient (Wildman–Crippen LogP) is 14.0. The van der Waals surface area contributed by atoms with Crippen molar-refractivity contribution >= 4 is 42.9 Å². The predicted molar refractivity (Wildman–Crippen MR) is 243 cm³/mol. The van der Waals surface area contributed by atoms with Crippen LogP contribution in [-0.4, -0.2) is 20.7 Å². The Balaban J connectivity index is 1.09. The first-order valence-electron chi connectivity index (χ1n) is 20.0.